The van der Waals surface area contributed by atoms with E-state index in [4.69, 9.17) is 9.47 Å². The van der Waals surface area contributed by atoms with Crippen molar-refractivity contribution in [2.24, 2.45) is 7.05 Å². The Labute approximate surface area is 171 Å². The van der Waals surface area contributed by atoms with Gasteiger partial charge in [0.15, 0.2) is 5.65 Å². The van der Waals surface area contributed by atoms with E-state index in [0.29, 0.717) is 31.8 Å². The number of hydrogen-bond donors (Lipinski definition) is 2. The molecule has 0 spiro atoms. The number of rotatable bonds is 7. The third-order valence-corrected chi connectivity index (χ3v) is 4.43. The molecule has 0 aliphatic heterocycles. The Hall–Kier alpha value is -2.84. The SMILES string of the molecule is COc1nn(C)c2nc(C)c(CCC(=O)NCCNC(=O)OC(C)(C)C)c(C)c12. The highest BCUT2D eigenvalue weighted by molar-refractivity contribution is 5.86. The number of aryl methyl sites for hydroxylation is 3. The van der Waals surface area contributed by atoms with Crippen molar-refractivity contribution >= 4 is 23.0 Å². The van der Waals surface area contributed by atoms with Gasteiger partial charge in [-0.15, -0.1) is 5.10 Å². The van der Waals surface area contributed by atoms with Crippen LogP contribution in [0.15, 0.2) is 0 Å². The maximum atomic E-state index is 12.2. The largest absolute Gasteiger partial charge is 0.479 e. The molecule has 0 radical (unpaired) electrons. The molecule has 2 rings (SSSR count). The summed E-state index contributed by atoms with van der Waals surface area (Å²) in [6.07, 6.45) is 0.385. The number of pyridine rings is 1. The van der Waals surface area contributed by atoms with Crippen LogP contribution in [0.4, 0.5) is 4.79 Å². The Morgan fingerprint density at radius 2 is 1.79 bits per heavy atom. The first-order chi connectivity index (χ1) is 13.5. The minimum absolute atomic E-state index is 0.0898. The van der Waals surface area contributed by atoms with Crippen LogP contribution < -0.4 is 15.4 Å². The number of ether oxygens (including phenoxy) is 2. The van der Waals surface area contributed by atoms with Crippen LogP contribution in [0.5, 0.6) is 5.88 Å². The van der Waals surface area contributed by atoms with Crippen LogP contribution in [0.1, 0.15) is 44.0 Å². The molecule has 2 heterocycles. The van der Waals surface area contributed by atoms with E-state index in [2.05, 4.69) is 20.7 Å². The average Bonchev–Trinajstić information content (AvgIpc) is 2.93. The molecule has 0 aliphatic carbocycles. The fourth-order valence-corrected chi connectivity index (χ4v) is 3.11. The molecule has 9 heteroatoms. The smallest absolute Gasteiger partial charge is 0.407 e. The van der Waals surface area contributed by atoms with Crippen molar-refractivity contribution in [2.45, 2.75) is 53.1 Å². The van der Waals surface area contributed by atoms with E-state index in [9.17, 15) is 9.59 Å². The Morgan fingerprint density at radius 1 is 1.14 bits per heavy atom. The number of nitrogens with zero attached hydrogens (tertiary/aromatic N) is 3. The quantitative estimate of drug-likeness (QED) is 0.684. The third-order valence-electron chi connectivity index (χ3n) is 4.43. The first-order valence-electron chi connectivity index (χ1n) is 9.63. The standard InChI is InChI=1S/C20H31N5O4/c1-12-14(13(2)23-17-16(12)18(28-7)24-25(17)6)8-9-15(26)21-10-11-22-19(27)29-20(3,4)5/h8-11H2,1-7H3,(H,21,26)(H,22,27). The topological polar surface area (TPSA) is 107 Å². The molecule has 160 valence electrons. The molecule has 2 amide bonds. The van der Waals surface area contributed by atoms with Crippen LogP contribution in [-0.2, 0) is 23.0 Å². The molecule has 0 unspecified atom stereocenters. The van der Waals surface area contributed by atoms with Crippen molar-refractivity contribution in [3.8, 4) is 5.88 Å². The maximum absolute atomic E-state index is 12.2. The van der Waals surface area contributed by atoms with Gasteiger partial charge in [-0.2, -0.15) is 0 Å². The number of nitrogens with one attached hydrogen (secondary N) is 2. The summed E-state index contributed by atoms with van der Waals surface area (Å²) in [6.45, 7) is 9.97. The predicted octanol–water partition coefficient (Wildman–Crippen LogP) is 2.17. The van der Waals surface area contributed by atoms with Gasteiger partial charge in [-0.1, -0.05) is 0 Å². The molecule has 0 fully saturated rings. The van der Waals surface area contributed by atoms with E-state index in [1.807, 2.05) is 20.9 Å². The van der Waals surface area contributed by atoms with Gasteiger partial charge in [0.25, 0.3) is 0 Å². The van der Waals surface area contributed by atoms with Crippen LogP contribution >= 0.6 is 0 Å². The van der Waals surface area contributed by atoms with Crippen molar-refractivity contribution < 1.29 is 19.1 Å². The van der Waals surface area contributed by atoms with Gasteiger partial charge in [-0.05, 0) is 52.2 Å². The summed E-state index contributed by atoms with van der Waals surface area (Å²) in [6, 6.07) is 0. The molecule has 29 heavy (non-hydrogen) atoms. The lowest BCUT2D eigenvalue weighted by atomic mass is 10.00. The van der Waals surface area contributed by atoms with Crippen molar-refractivity contribution in [1.82, 2.24) is 25.4 Å². The number of aromatic nitrogens is 3. The number of hydrogen-bond acceptors (Lipinski definition) is 6. The predicted molar refractivity (Wildman–Crippen MR) is 110 cm³/mol. The molecular weight excluding hydrogens is 374 g/mol. The highest BCUT2D eigenvalue weighted by Gasteiger charge is 2.19. The van der Waals surface area contributed by atoms with Crippen molar-refractivity contribution in [3.05, 3.63) is 16.8 Å². The van der Waals surface area contributed by atoms with Crippen LogP contribution in [-0.4, -0.2) is 52.6 Å². The van der Waals surface area contributed by atoms with E-state index in [-0.39, 0.29) is 5.91 Å². The van der Waals surface area contributed by atoms with Gasteiger partial charge in [0.1, 0.15) is 5.60 Å². The fourth-order valence-electron chi connectivity index (χ4n) is 3.11. The molecule has 0 aromatic carbocycles. The lowest BCUT2D eigenvalue weighted by Gasteiger charge is -2.19. The molecule has 2 aromatic rings. The van der Waals surface area contributed by atoms with E-state index in [1.165, 1.54) is 0 Å². The minimum atomic E-state index is -0.546. The average molecular weight is 405 g/mol. The van der Waals surface area contributed by atoms with Crippen LogP contribution in [0.2, 0.25) is 0 Å². The number of fused-ring (bicyclic) bond motifs is 1. The van der Waals surface area contributed by atoms with E-state index >= 15 is 0 Å². The Balaban J connectivity index is 1.90. The Kier molecular flexibility index (Phi) is 7.05. The molecule has 0 saturated heterocycles. The lowest BCUT2D eigenvalue weighted by Crippen LogP contribution is -2.37. The number of amides is 2. The summed E-state index contributed by atoms with van der Waals surface area (Å²) >= 11 is 0. The zero-order chi connectivity index (χ0) is 21.8. The summed E-state index contributed by atoms with van der Waals surface area (Å²) in [5, 5.41) is 10.6. The highest BCUT2D eigenvalue weighted by Crippen LogP contribution is 2.30. The van der Waals surface area contributed by atoms with Crippen LogP contribution in [0.25, 0.3) is 11.0 Å². The summed E-state index contributed by atoms with van der Waals surface area (Å²) in [5.74, 6) is 0.444. The van der Waals surface area contributed by atoms with Gasteiger partial charge >= 0.3 is 6.09 Å². The highest BCUT2D eigenvalue weighted by atomic mass is 16.6. The molecule has 0 bridgehead atoms. The molecular formula is C20H31N5O4. The van der Waals surface area contributed by atoms with Crippen LogP contribution in [0.3, 0.4) is 0 Å². The van der Waals surface area contributed by atoms with Crippen LogP contribution in [0, 0.1) is 13.8 Å². The Bertz CT molecular complexity index is 899. The second-order valence-electron chi connectivity index (χ2n) is 7.91. The fraction of sp³-hybridized carbons (Fsp3) is 0.600. The summed E-state index contributed by atoms with van der Waals surface area (Å²) in [4.78, 5) is 28.4. The summed E-state index contributed by atoms with van der Waals surface area (Å²) in [7, 11) is 3.41. The number of methoxy groups -OCH3 is 1. The zero-order valence-corrected chi connectivity index (χ0v) is 18.3. The second kappa shape index (κ2) is 9.11. The normalized spacial score (nSPS) is 11.4. The maximum Gasteiger partial charge on any atom is 0.407 e. The third kappa shape index (κ3) is 5.82. The molecule has 0 atom stereocenters. The van der Waals surface area contributed by atoms with Crippen molar-refractivity contribution in [1.29, 1.82) is 0 Å². The van der Waals surface area contributed by atoms with Gasteiger partial charge in [-0.3, -0.25) is 4.79 Å². The van der Waals surface area contributed by atoms with Gasteiger partial charge in [0.05, 0.1) is 12.5 Å². The van der Waals surface area contributed by atoms with E-state index in [1.54, 1.807) is 32.6 Å². The first-order valence-corrected chi connectivity index (χ1v) is 9.63. The monoisotopic (exact) mass is 405 g/mol. The molecule has 9 nitrogen and oxygen atoms in total. The van der Waals surface area contributed by atoms with Crippen molar-refractivity contribution in [2.75, 3.05) is 20.2 Å². The van der Waals surface area contributed by atoms with Gasteiger partial charge in [0, 0.05) is 32.3 Å². The van der Waals surface area contributed by atoms with E-state index in [0.717, 1.165) is 27.9 Å². The van der Waals surface area contributed by atoms with Gasteiger partial charge in [-0.25, -0.2) is 14.5 Å². The van der Waals surface area contributed by atoms with E-state index < -0.39 is 11.7 Å². The molecule has 2 N–H and O–H groups in total. The summed E-state index contributed by atoms with van der Waals surface area (Å²) in [5.41, 5.74) is 3.13. The number of alkyl carbamates (subject to hydrolysis) is 1. The summed E-state index contributed by atoms with van der Waals surface area (Å²) < 4.78 is 12.2. The van der Waals surface area contributed by atoms with Gasteiger partial charge < -0.3 is 20.1 Å². The molecule has 0 aliphatic rings. The van der Waals surface area contributed by atoms with Gasteiger partial charge in [0.2, 0.25) is 11.8 Å². The first kappa shape index (κ1) is 22.4. The number of carbonyl (C=O) groups is 2. The molecule has 2 aromatic heterocycles. The number of carbonyl (C=O) groups excluding carboxylic acids is 2. The zero-order valence-electron chi connectivity index (χ0n) is 18.3. The Morgan fingerprint density at radius 3 is 2.41 bits per heavy atom. The second-order valence-corrected chi connectivity index (χ2v) is 7.91. The minimum Gasteiger partial charge on any atom is -0.479 e. The lowest BCUT2D eigenvalue weighted by molar-refractivity contribution is -0.121. The van der Waals surface area contributed by atoms with Crippen molar-refractivity contribution in [3.63, 3.8) is 0 Å². The molecule has 0 saturated carbocycles.